The van der Waals surface area contributed by atoms with Gasteiger partial charge in [0.1, 0.15) is 11.6 Å². The van der Waals surface area contributed by atoms with Gasteiger partial charge in [0.25, 0.3) is 5.91 Å². The van der Waals surface area contributed by atoms with E-state index in [0.29, 0.717) is 23.6 Å². The van der Waals surface area contributed by atoms with E-state index in [-0.39, 0.29) is 11.5 Å². The van der Waals surface area contributed by atoms with Gasteiger partial charge >= 0.3 is 5.97 Å². The molecule has 33 heavy (non-hydrogen) atoms. The van der Waals surface area contributed by atoms with Crippen molar-refractivity contribution in [2.45, 2.75) is 47.5 Å². The van der Waals surface area contributed by atoms with Gasteiger partial charge in [-0.3, -0.25) is 4.79 Å². The molecule has 0 atom stereocenters. The van der Waals surface area contributed by atoms with Crippen molar-refractivity contribution in [1.82, 2.24) is 14.3 Å². The Morgan fingerprint density at radius 2 is 1.79 bits per heavy atom. The van der Waals surface area contributed by atoms with E-state index in [2.05, 4.69) is 5.10 Å². The molecular weight excluding hydrogens is 416 g/mol. The molecule has 0 aliphatic heterocycles. The van der Waals surface area contributed by atoms with Crippen LogP contribution in [-0.2, 0) is 4.74 Å². The average Bonchev–Trinajstić information content (AvgIpc) is 3.28. The number of ether oxygens (including phenoxy) is 1. The van der Waals surface area contributed by atoms with Crippen LogP contribution in [0.2, 0.25) is 0 Å². The SMILES string of the molecule is CCCCOC(=O)c1ccc(-n2c(C)cc(/C=C(\C#N)C(=O)n3nc(C)cc3C)c2C)cc1. The third-order valence-electron chi connectivity index (χ3n) is 5.42. The summed E-state index contributed by atoms with van der Waals surface area (Å²) in [6.07, 6.45) is 3.40. The molecule has 7 nitrogen and oxygen atoms in total. The van der Waals surface area contributed by atoms with Crippen molar-refractivity contribution in [2.75, 3.05) is 6.61 Å². The molecule has 2 aromatic heterocycles. The highest BCUT2D eigenvalue weighted by molar-refractivity contribution is 6.03. The number of hydrogen-bond acceptors (Lipinski definition) is 5. The maximum atomic E-state index is 12.8. The quantitative estimate of drug-likeness (QED) is 0.219. The average molecular weight is 445 g/mol. The molecule has 0 unspecified atom stereocenters. The van der Waals surface area contributed by atoms with Crippen LogP contribution in [0.5, 0.6) is 0 Å². The highest BCUT2D eigenvalue weighted by Gasteiger charge is 2.18. The lowest BCUT2D eigenvalue weighted by molar-refractivity contribution is 0.0499. The van der Waals surface area contributed by atoms with Gasteiger partial charge in [-0.05, 0) is 82.2 Å². The third-order valence-corrected chi connectivity index (χ3v) is 5.42. The maximum Gasteiger partial charge on any atom is 0.338 e. The molecule has 3 rings (SSSR count). The predicted octanol–water partition coefficient (Wildman–Crippen LogP) is 5.11. The van der Waals surface area contributed by atoms with Crippen molar-refractivity contribution in [3.63, 3.8) is 0 Å². The van der Waals surface area contributed by atoms with Gasteiger partial charge in [-0.25, -0.2) is 9.48 Å². The van der Waals surface area contributed by atoms with Crippen molar-refractivity contribution in [2.24, 2.45) is 0 Å². The van der Waals surface area contributed by atoms with Crippen LogP contribution in [0.1, 0.15) is 63.3 Å². The molecule has 0 saturated carbocycles. The van der Waals surface area contributed by atoms with Crippen LogP contribution in [-0.4, -0.2) is 32.8 Å². The lowest BCUT2D eigenvalue weighted by Crippen LogP contribution is -2.15. The summed E-state index contributed by atoms with van der Waals surface area (Å²) < 4.78 is 8.53. The number of allylic oxidation sites excluding steroid dienone is 1. The molecule has 0 spiro atoms. The van der Waals surface area contributed by atoms with Crippen LogP contribution in [0.3, 0.4) is 0 Å². The zero-order valence-corrected chi connectivity index (χ0v) is 19.7. The number of aryl methyl sites for hydroxylation is 3. The highest BCUT2D eigenvalue weighted by atomic mass is 16.5. The second-order valence-corrected chi connectivity index (χ2v) is 8.01. The van der Waals surface area contributed by atoms with E-state index in [9.17, 15) is 14.9 Å². The predicted molar refractivity (Wildman–Crippen MR) is 126 cm³/mol. The molecule has 0 fully saturated rings. The minimum atomic E-state index is -0.459. The summed E-state index contributed by atoms with van der Waals surface area (Å²) >= 11 is 0. The summed E-state index contributed by atoms with van der Waals surface area (Å²) in [6, 6.07) is 12.9. The zero-order chi connectivity index (χ0) is 24.1. The lowest BCUT2D eigenvalue weighted by Gasteiger charge is -2.11. The largest absolute Gasteiger partial charge is 0.462 e. The Balaban J connectivity index is 1.89. The van der Waals surface area contributed by atoms with Gasteiger partial charge in [-0.1, -0.05) is 13.3 Å². The second-order valence-electron chi connectivity index (χ2n) is 8.01. The fourth-order valence-corrected chi connectivity index (χ4v) is 3.72. The number of rotatable bonds is 7. The fourth-order valence-electron chi connectivity index (χ4n) is 3.72. The van der Waals surface area contributed by atoms with E-state index in [1.54, 1.807) is 38.1 Å². The van der Waals surface area contributed by atoms with Gasteiger partial charge in [0.05, 0.1) is 17.9 Å². The lowest BCUT2D eigenvalue weighted by atomic mass is 10.1. The second kappa shape index (κ2) is 10.1. The molecule has 1 aromatic carbocycles. The molecular formula is C26H28N4O3. The molecule has 3 aromatic rings. The van der Waals surface area contributed by atoms with Crippen LogP contribution in [0.25, 0.3) is 11.8 Å². The molecule has 2 heterocycles. The third kappa shape index (κ3) is 5.12. The summed E-state index contributed by atoms with van der Waals surface area (Å²) in [6.45, 7) is 9.92. The number of carbonyl (C=O) groups excluding carboxylic acids is 2. The summed E-state index contributed by atoms with van der Waals surface area (Å²) in [5, 5.41) is 13.8. The molecule has 0 saturated heterocycles. The number of benzene rings is 1. The normalized spacial score (nSPS) is 11.3. The summed E-state index contributed by atoms with van der Waals surface area (Å²) in [7, 11) is 0. The van der Waals surface area contributed by atoms with E-state index in [1.807, 2.05) is 49.6 Å². The van der Waals surface area contributed by atoms with Crippen molar-refractivity contribution in [1.29, 1.82) is 5.26 Å². The first-order chi connectivity index (χ1) is 15.8. The topological polar surface area (TPSA) is 89.9 Å². The first kappa shape index (κ1) is 23.7. The zero-order valence-electron chi connectivity index (χ0n) is 19.7. The highest BCUT2D eigenvalue weighted by Crippen LogP contribution is 2.24. The Labute approximate surface area is 193 Å². The Morgan fingerprint density at radius 1 is 1.09 bits per heavy atom. The standard InChI is InChI=1S/C26H28N4O3/c1-6-7-12-33-26(32)21-8-10-24(11-9-21)29-18(3)14-22(20(29)5)15-23(16-27)25(31)30-19(4)13-17(2)28-30/h8-11,13-15H,6-7,12H2,1-5H3/b23-15+. The summed E-state index contributed by atoms with van der Waals surface area (Å²) in [5.74, 6) is -0.792. The number of aromatic nitrogens is 3. The van der Waals surface area contributed by atoms with Crippen molar-refractivity contribution in [3.8, 4) is 11.8 Å². The number of nitrogens with zero attached hydrogens (tertiary/aromatic N) is 4. The first-order valence-corrected chi connectivity index (χ1v) is 10.9. The minimum absolute atomic E-state index is 0.00613. The van der Waals surface area contributed by atoms with Gasteiger partial charge in [-0.15, -0.1) is 0 Å². The molecule has 0 aliphatic carbocycles. The smallest absolute Gasteiger partial charge is 0.338 e. The van der Waals surface area contributed by atoms with Crippen molar-refractivity contribution >= 4 is 18.0 Å². The van der Waals surface area contributed by atoms with E-state index in [4.69, 9.17) is 4.74 Å². The molecule has 170 valence electrons. The van der Waals surface area contributed by atoms with Gasteiger partial charge in [0, 0.05) is 22.8 Å². The number of hydrogen-bond donors (Lipinski definition) is 0. The fraction of sp³-hybridized carbons (Fsp3) is 0.308. The Hall–Kier alpha value is -3.92. The van der Waals surface area contributed by atoms with E-state index < -0.39 is 5.91 Å². The monoisotopic (exact) mass is 444 g/mol. The van der Waals surface area contributed by atoms with Crippen molar-refractivity contribution in [3.05, 3.63) is 75.9 Å². The van der Waals surface area contributed by atoms with Crippen LogP contribution >= 0.6 is 0 Å². The van der Waals surface area contributed by atoms with Gasteiger partial charge < -0.3 is 9.30 Å². The summed E-state index contributed by atoms with van der Waals surface area (Å²) in [4.78, 5) is 25.0. The van der Waals surface area contributed by atoms with Crippen LogP contribution in [0.4, 0.5) is 0 Å². The van der Waals surface area contributed by atoms with Crippen LogP contribution in [0.15, 0.2) is 42.0 Å². The molecule has 0 amide bonds. The van der Waals surface area contributed by atoms with Crippen LogP contribution < -0.4 is 0 Å². The molecule has 0 radical (unpaired) electrons. The maximum absolute atomic E-state index is 12.8. The van der Waals surface area contributed by atoms with E-state index in [1.165, 1.54) is 4.68 Å². The van der Waals surface area contributed by atoms with Gasteiger partial charge in [0.2, 0.25) is 0 Å². The van der Waals surface area contributed by atoms with E-state index in [0.717, 1.165) is 35.5 Å². The molecule has 0 N–H and O–H groups in total. The van der Waals surface area contributed by atoms with Gasteiger partial charge in [0.15, 0.2) is 0 Å². The van der Waals surface area contributed by atoms with Crippen molar-refractivity contribution < 1.29 is 14.3 Å². The molecule has 7 heteroatoms. The van der Waals surface area contributed by atoms with Gasteiger partial charge in [-0.2, -0.15) is 10.4 Å². The first-order valence-electron chi connectivity index (χ1n) is 10.9. The minimum Gasteiger partial charge on any atom is -0.462 e. The number of unbranched alkanes of at least 4 members (excludes halogenated alkanes) is 1. The molecule has 0 bridgehead atoms. The number of carbonyl (C=O) groups is 2. The number of nitriles is 1. The Bertz CT molecular complexity index is 1250. The van der Waals surface area contributed by atoms with Crippen LogP contribution in [0, 0.1) is 39.0 Å². The molecule has 0 aliphatic rings. The van der Waals surface area contributed by atoms with E-state index >= 15 is 0 Å². The summed E-state index contributed by atoms with van der Waals surface area (Å²) in [5.41, 5.74) is 5.35. The Kier molecular flexibility index (Phi) is 7.29. The number of esters is 1. The Morgan fingerprint density at radius 3 is 2.36 bits per heavy atom.